The van der Waals surface area contributed by atoms with Crippen LogP contribution >= 0.6 is 11.8 Å². The Balaban J connectivity index is 0.00000133. The van der Waals surface area contributed by atoms with E-state index < -0.39 is 40.6 Å². The molecule has 3 saturated carbocycles. The predicted molar refractivity (Wildman–Crippen MR) is 131 cm³/mol. The molecule has 7 heteroatoms. The summed E-state index contributed by atoms with van der Waals surface area (Å²) in [6.07, 6.45) is 3.52. The molecule has 1 saturated heterocycles. The molecule has 5 rings (SSSR count). The summed E-state index contributed by atoms with van der Waals surface area (Å²) >= 11 is 1.24. The van der Waals surface area contributed by atoms with Gasteiger partial charge in [0.25, 0.3) is 0 Å². The van der Waals surface area contributed by atoms with Crippen molar-refractivity contribution in [1.82, 2.24) is 0 Å². The fraction of sp³-hybridized carbons (Fsp3) is 0.778. The quantitative estimate of drug-likeness (QED) is 0.581. The fourth-order valence-electron chi connectivity index (χ4n) is 8.02. The summed E-state index contributed by atoms with van der Waals surface area (Å²) in [5.41, 5.74) is -2.07. The van der Waals surface area contributed by atoms with Crippen LogP contribution in [0.1, 0.15) is 67.7 Å². The molecule has 1 N–H and O–H groups in total. The Labute approximate surface area is 206 Å². The van der Waals surface area contributed by atoms with E-state index >= 15 is 4.39 Å². The second-order valence-corrected chi connectivity index (χ2v) is 12.3. The largest absolute Gasteiger partial charge is 0.393 e. The Kier molecular flexibility index (Phi) is 6.54. The lowest BCUT2D eigenvalue weighted by Crippen LogP contribution is -2.63. The molecule has 1 aliphatic heterocycles. The van der Waals surface area contributed by atoms with Crippen molar-refractivity contribution in [3.8, 4) is 0 Å². The molecule has 190 valence electrons. The minimum absolute atomic E-state index is 0.0268. The minimum Gasteiger partial charge on any atom is -0.393 e. The van der Waals surface area contributed by atoms with Crippen LogP contribution in [0.5, 0.6) is 0 Å². The van der Waals surface area contributed by atoms with Crippen LogP contribution in [0.25, 0.3) is 0 Å². The molecule has 9 atom stereocenters. The molecule has 34 heavy (non-hydrogen) atoms. The molecule has 7 unspecified atom stereocenters. The maximum Gasteiger partial charge on any atom is 0.224 e. The number of fused-ring (bicyclic) bond motifs is 7. The third-order valence-electron chi connectivity index (χ3n) is 9.05. The number of allylic oxidation sites excluding steroid dienone is 4. The summed E-state index contributed by atoms with van der Waals surface area (Å²) in [4.78, 5) is 25.6. The van der Waals surface area contributed by atoms with Crippen LogP contribution in [0.3, 0.4) is 0 Å². The van der Waals surface area contributed by atoms with Crippen molar-refractivity contribution < 1.29 is 28.6 Å². The molecule has 0 aromatic heterocycles. The van der Waals surface area contributed by atoms with Gasteiger partial charge in [-0.1, -0.05) is 52.5 Å². The minimum atomic E-state index is -1.25. The topological polar surface area (TPSA) is 72.8 Å². The van der Waals surface area contributed by atoms with E-state index in [4.69, 9.17) is 9.47 Å². The highest BCUT2D eigenvalue weighted by molar-refractivity contribution is 8.13. The predicted octanol–water partition coefficient (Wildman–Crippen LogP) is 5.02. The van der Waals surface area contributed by atoms with Gasteiger partial charge in [-0.2, -0.15) is 0 Å². The zero-order valence-electron chi connectivity index (χ0n) is 21.4. The summed E-state index contributed by atoms with van der Waals surface area (Å²) < 4.78 is 28.3. The molecule has 5 aliphatic rings. The van der Waals surface area contributed by atoms with Gasteiger partial charge in [0.05, 0.1) is 12.2 Å². The lowest BCUT2D eigenvalue weighted by atomic mass is 9.46. The Morgan fingerprint density at radius 2 is 1.91 bits per heavy atom. The van der Waals surface area contributed by atoms with Gasteiger partial charge < -0.3 is 14.6 Å². The number of rotatable bonds is 2. The van der Waals surface area contributed by atoms with Crippen molar-refractivity contribution in [3.63, 3.8) is 0 Å². The van der Waals surface area contributed by atoms with Crippen molar-refractivity contribution in [1.29, 1.82) is 0 Å². The number of thioether (sulfide) groups is 1. The summed E-state index contributed by atoms with van der Waals surface area (Å²) in [5.74, 6) is -0.856. The van der Waals surface area contributed by atoms with Crippen molar-refractivity contribution in [2.75, 3.05) is 5.75 Å². The Morgan fingerprint density at radius 3 is 2.56 bits per heavy atom. The number of carbonyl (C=O) groups excluding carboxylic acids is 2. The van der Waals surface area contributed by atoms with Gasteiger partial charge >= 0.3 is 0 Å². The van der Waals surface area contributed by atoms with Crippen LogP contribution in [0.2, 0.25) is 0 Å². The number of halogens is 1. The van der Waals surface area contributed by atoms with Crippen molar-refractivity contribution in [2.24, 2.45) is 28.6 Å². The zero-order chi connectivity index (χ0) is 25.3. The second kappa shape index (κ2) is 8.53. The highest BCUT2D eigenvalue weighted by Gasteiger charge is 2.77. The molecular weight excluding hydrogens is 455 g/mol. The number of hydrogen-bond donors (Lipinski definition) is 1. The molecule has 0 aromatic carbocycles. The monoisotopic (exact) mass is 494 g/mol. The number of ketones is 1. The number of aliphatic hydroxyl groups excluding tert-OH is 1. The molecule has 4 aliphatic carbocycles. The standard InChI is InChI=1S/C25H33FO5S.C2H6/c1-6-32-21(29)25-19(30-22(2,3)31-25)11-15-14-10-17(26)16-9-13(27)7-8-23(16,4)20(14)18(28)12-24(15,25)5;1-2/h7-9,14-15,17-20,28H,6,10-12H2,1-5H3;1-2H3/t14?,15?,17-,18?,19+,20?,23?,24?,25?;/m0./s1. The zero-order valence-corrected chi connectivity index (χ0v) is 22.2. The highest BCUT2D eigenvalue weighted by Crippen LogP contribution is 2.71. The molecule has 0 radical (unpaired) electrons. The van der Waals surface area contributed by atoms with Gasteiger partial charge in [-0.25, -0.2) is 4.39 Å². The molecule has 5 nitrogen and oxygen atoms in total. The van der Waals surface area contributed by atoms with Crippen molar-refractivity contribution >= 4 is 22.7 Å². The van der Waals surface area contributed by atoms with Gasteiger partial charge in [0.1, 0.15) is 6.17 Å². The van der Waals surface area contributed by atoms with E-state index in [-0.39, 0.29) is 35.1 Å². The molecule has 0 bridgehead atoms. The first-order valence-electron chi connectivity index (χ1n) is 12.7. The van der Waals surface area contributed by atoms with Gasteiger partial charge in [0.2, 0.25) is 5.12 Å². The molecule has 1 heterocycles. The van der Waals surface area contributed by atoms with Crippen LogP contribution in [0, 0.1) is 28.6 Å². The summed E-state index contributed by atoms with van der Waals surface area (Å²) in [5, 5.41) is 11.5. The number of ether oxygens (including phenoxy) is 2. The number of carbonyl (C=O) groups is 2. The maximum atomic E-state index is 15.5. The summed E-state index contributed by atoms with van der Waals surface area (Å²) in [7, 11) is 0. The SMILES string of the molecule is CC.CCSC(=O)C12OC(C)(C)O[C@@H]1CC1C3C[C@H](F)C4=CC(=O)C=CC4(C)C3C(O)CC12C. The van der Waals surface area contributed by atoms with E-state index in [0.717, 1.165) is 0 Å². The van der Waals surface area contributed by atoms with Gasteiger partial charge in [-0.05, 0) is 68.4 Å². The van der Waals surface area contributed by atoms with Crippen LogP contribution in [-0.2, 0) is 19.1 Å². The molecule has 0 spiro atoms. The first-order chi connectivity index (χ1) is 15.9. The van der Waals surface area contributed by atoms with Gasteiger partial charge in [0.15, 0.2) is 17.2 Å². The van der Waals surface area contributed by atoms with E-state index in [0.29, 0.717) is 24.2 Å². The lowest BCUT2D eigenvalue weighted by molar-refractivity contribution is -0.222. The normalized spacial score (nSPS) is 48.0. The van der Waals surface area contributed by atoms with E-state index in [1.54, 1.807) is 6.08 Å². The van der Waals surface area contributed by atoms with E-state index in [2.05, 4.69) is 0 Å². The van der Waals surface area contributed by atoms with Crippen LogP contribution < -0.4 is 0 Å². The Hall–Kier alpha value is -1.02. The number of aliphatic hydroxyl groups is 1. The maximum absolute atomic E-state index is 15.5. The average Bonchev–Trinajstić information content (AvgIpc) is 3.17. The van der Waals surface area contributed by atoms with E-state index in [1.165, 1.54) is 23.9 Å². The molecule has 4 fully saturated rings. The third kappa shape index (κ3) is 3.36. The average molecular weight is 495 g/mol. The third-order valence-corrected chi connectivity index (χ3v) is 9.90. The van der Waals surface area contributed by atoms with Gasteiger partial charge in [0, 0.05) is 16.7 Å². The van der Waals surface area contributed by atoms with E-state index in [1.807, 2.05) is 48.5 Å². The highest BCUT2D eigenvalue weighted by atomic mass is 32.2. The Morgan fingerprint density at radius 1 is 1.24 bits per heavy atom. The molecule has 0 amide bonds. The van der Waals surface area contributed by atoms with E-state index in [9.17, 15) is 14.7 Å². The number of hydrogen-bond acceptors (Lipinski definition) is 6. The fourth-order valence-corrected chi connectivity index (χ4v) is 8.90. The van der Waals surface area contributed by atoms with Crippen LogP contribution in [0.15, 0.2) is 23.8 Å². The van der Waals surface area contributed by atoms with Crippen molar-refractivity contribution in [2.45, 2.75) is 97.5 Å². The van der Waals surface area contributed by atoms with Gasteiger partial charge in [-0.3, -0.25) is 9.59 Å². The summed E-state index contributed by atoms with van der Waals surface area (Å²) in [6, 6.07) is 0. The van der Waals surface area contributed by atoms with Crippen LogP contribution in [0.4, 0.5) is 4.39 Å². The molecule has 0 aromatic rings. The number of alkyl halides is 1. The Bertz CT molecular complexity index is 930. The van der Waals surface area contributed by atoms with Gasteiger partial charge in [-0.15, -0.1) is 0 Å². The lowest BCUT2D eigenvalue weighted by Gasteiger charge is -2.60. The van der Waals surface area contributed by atoms with Crippen molar-refractivity contribution in [3.05, 3.63) is 23.8 Å². The smallest absolute Gasteiger partial charge is 0.224 e. The van der Waals surface area contributed by atoms with Crippen LogP contribution in [-0.4, -0.2) is 51.5 Å². The first-order valence-corrected chi connectivity index (χ1v) is 13.7. The second-order valence-electron chi connectivity index (χ2n) is 11.1. The summed E-state index contributed by atoms with van der Waals surface area (Å²) in [6.45, 7) is 13.6. The first kappa shape index (κ1) is 26.1. The molecular formula is C27H39FO5S.